The van der Waals surface area contributed by atoms with Gasteiger partial charge in [-0.25, -0.2) is 4.79 Å². The second-order valence-corrected chi connectivity index (χ2v) is 4.63. The van der Waals surface area contributed by atoms with Gasteiger partial charge in [-0.2, -0.15) is 0 Å². The molecule has 0 heterocycles. The summed E-state index contributed by atoms with van der Waals surface area (Å²) >= 11 is 0. The number of nitrogens with zero attached hydrogens (tertiary/aromatic N) is 1. The Morgan fingerprint density at radius 3 is 2.68 bits per heavy atom. The van der Waals surface area contributed by atoms with Gasteiger partial charge < -0.3 is 20.5 Å². The van der Waals surface area contributed by atoms with Crippen LogP contribution in [0, 0.1) is 0 Å². The number of hydrogen-bond donors (Lipinski definition) is 2. The molecule has 106 valence electrons. The van der Waals surface area contributed by atoms with Crippen LogP contribution in [-0.4, -0.2) is 37.4 Å². The van der Waals surface area contributed by atoms with E-state index < -0.39 is 5.97 Å². The molecule has 0 saturated carbocycles. The molecule has 0 fully saturated rings. The molecule has 0 aromatic heterocycles. The lowest BCUT2D eigenvalue weighted by Gasteiger charge is -2.30. The van der Waals surface area contributed by atoms with Crippen molar-refractivity contribution in [2.75, 3.05) is 30.9 Å². The molecule has 0 aliphatic rings. The smallest absolute Gasteiger partial charge is 0.340 e. The summed E-state index contributed by atoms with van der Waals surface area (Å²) in [6.07, 6.45) is 0.642. The zero-order chi connectivity index (χ0) is 14.4. The number of nitrogen functional groups attached to an aromatic ring is 1. The molecule has 3 N–H and O–H groups in total. The summed E-state index contributed by atoms with van der Waals surface area (Å²) in [5, 5.41) is 8.97. The van der Waals surface area contributed by atoms with Crippen molar-refractivity contribution in [2.45, 2.75) is 26.3 Å². The topological polar surface area (TPSA) is 75.8 Å². The third-order valence-corrected chi connectivity index (χ3v) is 2.92. The highest BCUT2D eigenvalue weighted by Gasteiger charge is 2.19. The SMILES string of the molecule is COC(=O)c1cc(N)ccc1N(CCCO)C(C)C. The van der Waals surface area contributed by atoms with Crippen LogP contribution in [0.1, 0.15) is 30.6 Å². The number of carbonyl (C=O) groups is 1. The Labute approximate surface area is 114 Å². The van der Waals surface area contributed by atoms with Gasteiger partial charge in [0.05, 0.1) is 18.4 Å². The van der Waals surface area contributed by atoms with E-state index >= 15 is 0 Å². The van der Waals surface area contributed by atoms with Gasteiger partial charge in [0, 0.05) is 24.9 Å². The Morgan fingerprint density at radius 1 is 1.47 bits per heavy atom. The second-order valence-electron chi connectivity index (χ2n) is 4.63. The molecule has 1 aromatic rings. The molecule has 1 aromatic carbocycles. The summed E-state index contributed by atoms with van der Waals surface area (Å²) < 4.78 is 4.80. The van der Waals surface area contributed by atoms with Crippen molar-refractivity contribution in [1.82, 2.24) is 0 Å². The molecule has 0 aliphatic heterocycles. The van der Waals surface area contributed by atoms with Crippen LogP contribution in [0.25, 0.3) is 0 Å². The number of nitrogens with two attached hydrogens (primary N) is 1. The number of esters is 1. The van der Waals surface area contributed by atoms with E-state index in [-0.39, 0.29) is 12.6 Å². The van der Waals surface area contributed by atoms with Gasteiger partial charge >= 0.3 is 5.97 Å². The lowest BCUT2D eigenvalue weighted by Crippen LogP contribution is -2.33. The van der Waals surface area contributed by atoms with E-state index in [1.807, 2.05) is 19.9 Å². The van der Waals surface area contributed by atoms with Crippen LogP contribution in [0.4, 0.5) is 11.4 Å². The fourth-order valence-corrected chi connectivity index (χ4v) is 1.98. The Hall–Kier alpha value is -1.75. The molecule has 5 nitrogen and oxygen atoms in total. The molecule has 0 atom stereocenters. The van der Waals surface area contributed by atoms with Crippen LogP contribution in [-0.2, 0) is 4.74 Å². The molecule has 1 rings (SSSR count). The van der Waals surface area contributed by atoms with Gasteiger partial charge in [0.2, 0.25) is 0 Å². The van der Waals surface area contributed by atoms with Crippen molar-refractivity contribution in [1.29, 1.82) is 0 Å². The van der Waals surface area contributed by atoms with Crippen LogP contribution >= 0.6 is 0 Å². The molecule has 19 heavy (non-hydrogen) atoms. The molecule has 0 radical (unpaired) electrons. The van der Waals surface area contributed by atoms with E-state index in [1.54, 1.807) is 12.1 Å². The fourth-order valence-electron chi connectivity index (χ4n) is 1.98. The van der Waals surface area contributed by atoms with Gasteiger partial charge in [0.15, 0.2) is 0 Å². The van der Waals surface area contributed by atoms with Crippen LogP contribution in [0.15, 0.2) is 18.2 Å². The number of rotatable bonds is 6. The standard InChI is InChI=1S/C14H22N2O3/c1-10(2)16(7-4-8-17)13-6-5-11(15)9-12(13)14(18)19-3/h5-6,9-10,17H,4,7-8,15H2,1-3H3. The molecule has 0 saturated heterocycles. The minimum absolute atomic E-state index is 0.117. The minimum Gasteiger partial charge on any atom is -0.465 e. The molecular formula is C14H22N2O3. The highest BCUT2D eigenvalue weighted by molar-refractivity contribution is 5.97. The highest BCUT2D eigenvalue weighted by atomic mass is 16.5. The lowest BCUT2D eigenvalue weighted by atomic mass is 10.1. The van der Waals surface area contributed by atoms with Gasteiger partial charge in [0.25, 0.3) is 0 Å². The first-order chi connectivity index (χ1) is 9.01. The summed E-state index contributed by atoms with van der Waals surface area (Å²) in [6.45, 7) is 4.86. The Kier molecular flexibility index (Phi) is 5.63. The predicted molar refractivity (Wildman–Crippen MR) is 76.4 cm³/mol. The van der Waals surface area contributed by atoms with Gasteiger partial charge in [-0.15, -0.1) is 0 Å². The maximum Gasteiger partial charge on any atom is 0.340 e. The first kappa shape index (κ1) is 15.3. The summed E-state index contributed by atoms with van der Waals surface area (Å²) in [7, 11) is 1.35. The van der Waals surface area contributed by atoms with Crippen molar-refractivity contribution in [2.24, 2.45) is 0 Å². The van der Waals surface area contributed by atoms with E-state index in [4.69, 9.17) is 15.6 Å². The minimum atomic E-state index is -0.406. The third kappa shape index (κ3) is 3.86. The van der Waals surface area contributed by atoms with Crippen molar-refractivity contribution in [3.05, 3.63) is 23.8 Å². The molecular weight excluding hydrogens is 244 g/mol. The van der Waals surface area contributed by atoms with Crippen LogP contribution < -0.4 is 10.6 Å². The number of carbonyl (C=O) groups excluding carboxylic acids is 1. The zero-order valence-corrected chi connectivity index (χ0v) is 11.7. The number of anilines is 2. The van der Waals surface area contributed by atoms with Crippen molar-refractivity contribution >= 4 is 17.3 Å². The molecule has 0 amide bonds. The molecule has 5 heteroatoms. The average molecular weight is 266 g/mol. The fraction of sp³-hybridized carbons (Fsp3) is 0.500. The summed E-state index contributed by atoms with van der Waals surface area (Å²) in [4.78, 5) is 13.9. The number of methoxy groups -OCH3 is 1. The quantitative estimate of drug-likeness (QED) is 0.605. The van der Waals surface area contributed by atoms with Crippen molar-refractivity contribution in [3.8, 4) is 0 Å². The van der Waals surface area contributed by atoms with E-state index in [0.29, 0.717) is 24.2 Å². The Balaban J connectivity index is 3.17. The maximum atomic E-state index is 11.8. The number of aliphatic hydroxyl groups excluding tert-OH is 1. The number of benzene rings is 1. The zero-order valence-electron chi connectivity index (χ0n) is 11.7. The van der Waals surface area contributed by atoms with Crippen LogP contribution in [0.5, 0.6) is 0 Å². The molecule has 0 bridgehead atoms. The van der Waals surface area contributed by atoms with E-state index in [1.165, 1.54) is 7.11 Å². The average Bonchev–Trinajstić information content (AvgIpc) is 2.39. The summed E-state index contributed by atoms with van der Waals surface area (Å²) in [6, 6.07) is 5.41. The Morgan fingerprint density at radius 2 is 2.16 bits per heavy atom. The Bertz CT molecular complexity index is 433. The third-order valence-electron chi connectivity index (χ3n) is 2.92. The van der Waals surface area contributed by atoms with Crippen molar-refractivity contribution in [3.63, 3.8) is 0 Å². The first-order valence-electron chi connectivity index (χ1n) is 6.36. The van der Waals surface area contributed by atoms with Gasteiger partial charge in [-0.3, -0.25) is 0 Å². The van der Waals surface area contributed by atoms with E-state index in [9.17, 15) is 4.79 Å². The molecule has 0 unspecified atom stereocenters. The molecule has 0 spiro atoms. The largest absolute Gasteiger partial charge is 0.465 e. The van der Waals surface area contributed by atoms with Crippen LogP contribution in [0.3, 0.4) is 0 Å². The summed E-state index contributed by atoms with van der Waals surface area (Å²) in [5.41, 5.74) is 7.49. The van der Waals surface area contributed by atoms with Crippen molar-refractivity contribution < 1.29 is 14.6 Å². The van der Waals surface area contributed by atoms with E-state index in [0.717, 1.165) is 5.69 Å². The predicted octanol–water partition coefficient (Wildman–Crippen LogP) is 1.65. The van der Waals surface area contributed by atoms with Gasteiger partial charge in [-0.1, -0.05) is 0 Å². The number of ether oxygens (including phenoxy) is 1. The highest BCUT2D eigenvalue weighted by Crippen LogP contribution is 2.26. The monoisotopic (exact) mass is 266 g/mol. The van der Waals surface area contributed by atoms with Gasteiger partial charge in [0.1, 0.15) is 0 Å². The van der Waals surface area contributed by atoms with E-state index in [2.05, 4.69) is 4.90 Å². The maximum absolute atomic E-state index is 11.8. The first-order valence-corrected chi connectivity index (χ1v) is 6.36. The second kappa shape index (κ2) is 6.99. The molecule has 0 aliphatic carbocycles. The number of aliphatic hydroxyl groups is 1. The van der Waals surface area contributed by atoms with Gasteiger partial charge in [-0.05, 0) is 38.5 Å². The normalized spacial score (nSPS) is 10.6. The van der Waals surface area contributed by atoms with Crippen LogP contribution in [0.2, 0.25) is 0 Å². The lowest BCUT2D eigenvalue weighted by molar-refractivity contribution is 0.0601. The summed E-state index contributed by atoms with van der Waals surface area (Å²) in [5.74, 6) is -0.406. The number of hydrogen-bond acceptors (Lipinski definition) is 5.